The summed E-state index contributed by atoms with van der Waals surface area (Å²) in [5.74, 6) is -1.34. The average Bonchev–Trinajstić information content (AvgIpc) is 2.58. The lowest BCUT2D eigenvalue weighted by molar-refractivity contribution is -0.136. The molecule has 0 bridgehead atoms. The summed E-state index contributed by atoms with van der Waals surface area (Å²) in [7, 11) is 0. The van der Waals surface area contributed by atoms with Gasteiger partial charge in [0.1, 0.15) is 11.6 Å². The predicted molar refractivity (Wildman–Crippen MR) is 93.9 cm³/mol. The van der Waals surface area contributed by atoms with Gasteiger partial charge in [0.15, 0.2) is 0 Å². The van der Waals surface area contributed by atoms with Crippen molar-refractivity contribution < 1.29 is 18.7 Å². The van der Waals surface area contributed by atoms with E-state index in [9.17, 15) is 14.0 Å². The molecule has 1 unspecified atom stereocenters. The molecule has 1 atom stereocenters. The minimum Gasteiger partial charge on any atom is -0.494 e. The molecule has 0 radical (unpaired) electrons. The van der Waals surface area contributed by atoms with Crippen molar-refractivity contribution in [3.05, 3.63) is 59.4 Å². The number of amides is 2. The topological polar surface area (TPSA) is 67.4 Å². The highest BCUT2D eigenvalue weighted by Crippen LogP contribution is 2.26. The van der Waals surface area contributed by atoms with Gasteiger partial charge in [0, 0.05) is 11.3 Å². The van der Waals surface area contributed by atoms with E-state index >= 15 is 0 Å². The van der Waals surface area contributed by atoms with Crippen LogP contribution in [0.1, 0.15) is 31.0 Å². The van der Waals surface area contributed by atoms with E-state index < -0.39 is 23.7 Å². The van der Waals surface area contributed by atoms with Gasteiger partial charge in [-0.25, -0.2) is 4.39 Å². The van der Waals surface area contributed by atoms with Gasteiger partial charge >= 0.3 is 11.8 Å². The van der Waals surface area contributed by atoms with Gasteiger partial charge in [0.2, 0.25) is 0 Å². The Morgan fingerprint density at radius 3 is 2.44 bits per heavy atom. The lowest BCUT2D eigenvalue weighted by atomic mass is 10.0. The molecule has 0 aliphatic carbocycles. The summed E-state index contributed by atoms with van der Waals surface area (Å²) < 4.78 is 18.4. The monoisotopic (exact) mass is 344 g/mol. The number of carbonyl (C=O) groups excluding carboxylic acids is 2. The molecular weight excluding hydrogens is 323 g/mol. The van der Waals surface area contributed by atoms with E-state index in [0.29, 0.717) is 18.0 Å². The SMILES string of the molecule is CCOc1ccc(C)cc1C(C)NC(=O)C(=O)Nc1ccc(F)cc1. The molecule has 0 spiro atoms. The molecule has 132 valence electrons. The van der Waals surface area contributed by atoms with Crippen LogP contribution in [0, 0.1) is 12.7 Å². The van der Waals surface area contributed by atoms with Gasteiger partial charge in [-0.1, -0.05) is 17.7 Å². The third-order valence-electron chi connectivity index (χ3n) is 3.59. The molecule has 0 aliphatic rings. The van der Waals surface area contributed by atoms with E-state index in [-0.39, 0.29) is 0 Å². The molecule has 0 saturated carbocycles. The van der Waals surface area contributed by atoms with Crippen molar-refractivity contribution in [1.82, 2.24) is 5.32 Å². The summed E-state index contributed by atoms with van der Waals surface area (Å²) in [4.78, 5) is 24.1. The first-order valence-electron chi connectivity index (χ1n) is 8.01. The van der Waals surface area contributed by atoms with E-state index in [1.807, 2.05) is 32.0 Å². The number of halogens is 1. The van der Waals surface area contributed by atoms with Gasteiger partial charge in [-0.3, -0.25) is 9.59 Å². The first-order chi connectivity index (χ1) is 11.9. The maximum Gasteiger partial charge on any atom is 0.313 e. The van der Waals surface area contributed by atoms with Gasteiger partial charge in [-0.15, -0.1) is 0 Å². The summed E-state index contributed by atoms with van der Waals surface area (Å²) in [6.07, 6.45) is 0. The zero-order valence-electron chi connectivity index (χ0n) is 14.4. The van der Waals surface area contributed by atoms with E-state index in [0.717, 1.165) is 11.1 Å². The fraction of sp³-hybridized carbons (Fsp3) is 0.263. The third-order valence-corrected chi connectivity index (χ3v) is 3.59. The lowest BCUT2D eigenvalue weighted by Crippen LogP contribution is -2.37. The van der Waals surface area contributed by atoms with Crippen molar-refractivity contribution in [2.75, 3.05) is 11.9 Å². The minimum absolute atomic E-state index is 0.347. The first kappa shape index (κ1) is 18.4. The van der Waals surface area contributed by atoms with Gasteiger partial charge in [0.25, 0.3) is 0 Å². The fourth-order valence-electron chi connectivity index (χ4n) is 2.35. The Labute approximate surface area is 146 Å². The molecule has 5 nitrogen and oxygen atoms in total. The third kappa shape index (κ3) is 5.04. The van der Waals surface area contributed by atoms with Crippen LogP contribution in [-0.4, -0.2) is 18.4 Å². The number of benzene rings is 2. The summed E-state index contributed by atoms with van der Waals surface area (Å²) >= 11 is 0. The minimum atomic E-state index is -0.816. The van der Waals surface area contributed by atoms with Crippen molar-refractivity contribution >= 4 is 17.5 Å². The highest BCUT2D eigenvalue weighted by molar-refractivity contribution is 6.39. The highest BCUT2D eigenvalue weighted by Gasteiger charge is 2.19. The van der Waals surface area contributed by atoms with Crippen molar-refractivity contribution in [1.29, 1.82) is 0 Å². The fourth-order valence-corrected chi connectivity index (χ4v) is 2.35. The summed E-state index contributed by atoms with van der Waals surface area (Å²) in [6, 6.07) is 10.4. The first-order valence-corrected chi connectivity index (χ1v) is 8.01. The van der Waals surface area contributed by atoms with Crippen molar-refractivity contribution in [2.24, 2.45) is 0 Å². The van der Waals surface area contributed by atoms with Crippen LogP contribution >= 0.6 is 0 Å². The smallest absolute Gasteiger partial charge is 0.313 e. The largest absolute Gasteiger partial charge is 0.494 e. The van der Waals surface area contributed by atoms with Gasteiger partial charge in [0.05, 0.1) is 12.6 Å². The van der Waals surface area contributed by atoms with Crippen molar-refractivity contribution in [3.8, 4) is 5.75 Å². The Bertz CT molecular complexity index is 760. The van der Waals surface area contributed by atoms with Crippen molar-refractivity contribution in [3.63, 3.8) is 0 Å². The molecule has 2 N–H and O–H groups in total. The summed E-state index contributed by atoms with van der Waals surface area (Å²) in [5.41, 5.74) is 2.17. The number of nitrogens with one attached hydrogen (secondary N) is 2. The number of hydrogen-bond acceptors (Lipinski definition) is 3. The second-order valence-corrected chi connectivity index (χ2v) is 5.63. The lowest BCUT2D eigenvalue weighted by Gasteiger charge is -2.18. The Morgan fingerprint density at radius 1 is 1.12 bits per heavy atom. The molecule has 0 aromatic heterocycles. The van der Waals surface area contributed by atoms with Crippen LogP contribution in [0.3, 0.4) is 0 Å². The molecular formula is C19H21FN2O3. The van der Waals surface area contributed by atoms with Crippen LogP contribution in [0.4, 0.5) is 10.1 Å². The van der Waals surface area contributed by atoms with Gasteiger partial charge in [-0.05, 0) is 51.1 Å². The predicted octanol–water partition coefficient (Wildman–Crippen LogP) is 3.35. The van der Waals surface area contributed by atoms with Crippen LogP contribution in [0.5, 0.6) is 5.75 Å². The second kappa shape index (κ2) is 8.28. The molecule has 6 heteroatoms. The molecule has 2 aromatic rings. The summed E-state index contributed by atoms with van der Waals surface area (Å²) in [5, 5.41) is 5.08. The van der Waals surface area contributed by atoms with E-state index in [1.54, 1.807) is 6.92 Å². The van der Waals surface area contributed by atoms with E-state index in [2.05, 4.69) is 10.6 Å². The Balaban J connectivity index is 2.05. The molecule has 0 heterocycles. The number of hydrogen-bond donors (Lipinski definition) is 2. The molecule has 2 rings (SSSR count). The van der Waals surface area contributed by atoms with Crippen LogP contribution in [0.2, 0.25) is 0 Å². The molecule has 2 aromatic carbocycles. The second-order valence-electron chi connectivity index (χ2n) is 5.63. The zero-order valence-corrected chi connectivity index (χ0v) is 14.4. The van der Waals surface area contributed by atoms with E-state index in [1.165, 1.54) is 24.3 Å². The molecule has 0 aliphatic heterocycles. The molecule has 0 fully saturated rings. The van der Waals surface area contributed by atoms with Crippen LogP contribution in [0.25, 0.3) is 0 Å². The number of carbonyl (C=O) groups is 2. The molecule has 25 heavy (non-hydrogen) atoms. The molecule has 2 amide bonds. The van der Waals surface area contributed by atoms with Gasteiger partial charge in [-0.2, -0.15) is 0 Å². The van der Waals surface area contributed by atoms with Crippen molar-refractivity contribution in [2.45, 2.75) is 26.8 Å². The number of rotatable bonds is 5. The van der Waals surface area contributed by atoms with Crippen LogP contribution in [0.15, 0.2) is 42.5 Å². The number of anilines is 1. The Morgan fingerprint density at radius 2 is 1.80 bits per heavy atom. The molecule has 0 saturated heterocycles. The number of aryl methyl sites for hydroxylation is 1. The van der Waals surface area contributed by atoms with E-state index in [4.69, 9.17) is 4.74 Å². The van der Waals surface area contributed by atoms with Crippen LogP contribution in [-0.2, 0) is 9.59 Å². The average molecular weight is 344 g/mol. The maximum atomic E-state index is 12.9. The quantitative estimate of drug-likeness (QED) is 0.818. The normalized spacial score (nSPS) is 11.5. The van der Waals surface area contributed by atoms with Gasteiger partial charge < -0.3 is 15.4 Å². The maximum absolute atomic E-state index is 12.9. The Hall–Kier alpha value is -2.89. The summed E-state index contributed by atoms with van der Waals surface area (Å²) in [6.45, 7) is 6.10. The highest BCUT2D eigenvalue weighted by atomic mass is 19.1. The van der Waals surface area contributed by atoms with Crippen LogP contribution < -0.4 is 15.4 Å². The standard InChI is InChI=1S/C19H21FN2O3/c1-4-25-17-10-5-12(2)11-16(17)13(3)21-18(23)19(24)22-15-8-6-14(20)7-9-15/h5-11,13H,4H2,1-3H3,(H,21,23)(H,22,24). The zero-order chi connectivity index (χ0) is 18.4. The number of ether oxygens (including phenoxy) is 1. The Kier molecular flexibility index (Phi) is 6.11.